The van der Waals surface area contributed by atoms with E-state index in [1.54, 1.807) is 18.3 Å². The lowest BCUT2D eigenvalue weighted by Crippen LogP contribution is -2.32. The van der Waals surface area contributed by atoms with Crippen molar-refractivity contribution in [3.8, 4) is 11.4 Å². The van der Waals surface area contributed by atoms with Gasteiger partial charge in [0.05, 0.1) is 49.2 Å². The Morgan fingerprint density at radius 3 is 2.88 bits per heavy atom. The molecule has 8 heteroatoms. The Hall–Kier alpha value is -3.26. The third kappa shape index (κ3) is 3.14. The summed E-state index contributed by atoms with van der Waals surface area (Å²) in [7, 11) is 0. The lowest BCUT2D eigenvalue weighted by molar-refractivity contribution is -0.498. The molecule has 0 atom stereocenters. The van der Waals surface area contributed by atoms with Crippen LogP contribution in [0.25, 0.3) is 16.9 Å². The maximum Gasteiger partial charge on any atom is 0.292 e. The number of pyridine rings is 1. The highest BCUT2D eigenvalue weighted by atomic mass is 16.6. The first-order chi connectivity index (χ1) is 12.7. The van der Waals surface area contributed by atoms with Crippen molar-refractivity contribution in [1.29, 1.82) is 0 Å². The minimum Gasteiger partial charge on any atom is -0.378 e. The zero-order valence-electron chi connectivity index (χ0n) is 14.0. The zero-order valence-corrected chi connectivity index (χ0v) is 14.0. The molecular formula is C18H18N5O3+. The molecule has 2 aromatic heterocycles. The molecule has 0 saturated carbocycles. The highest BCUT2D eigenvalue weighted by Gasteiger charge is 2.20. The van der Waals surface area contributed by atoms with E-state index in [0.29, 0.717) is 13.2 Å². The molecule has 26 heavy (non-hydrogen) atoms. The quantitative estimate of drug-likeness (QED) is 0.337. The maximum atomic E-state index is 11.1. The van der Waals surface area contributed by atoms with Gasteiger partial charge in [-0.2, -0.15) is 9.50 Å². The molecule has 3 heterocycles. The van der Waals surface area contributed by atoms with E-state index in [2.05, 4.69) is 10.1 Å². The Morgan fingerprint density at radius 2 is 2.08 bits per heavy atom. The van der Waals surface area contributed by atoms with Gasteiger partial charge in [-0.25, -0.2) is 4.98 Å². The molecule has 0 spiro atoms. The smallest absolute Gasteiger partial charge is 0.292 e. The third-order valence-corrected chi connectivity index (χ3v) is 4.30. The average Bonchev–Trinajstić information content (AvgIpc) is 3.06. The van der Waals surface area contributed by atoms with E-state index < -0.39 is 0 Å². The number of hydrogen-bond acceptors (Lipinski definition) is 5. The summed E-state index contributed by atoms with van der Waals surface area (Å²) in [6, 6.07) is 12.4. The number of nitrogens with zero attached hydrogens (tertiary/aromatic N) is 4. The van der Waals surface area contributed by atoms with Gasteiger partial charge in [0.2, 0.25) is 0 Å². The van der Waals surface area contributed by atoms with E-state index in [4.69, 9.17) is 4.74 Å². The second kappa shape index (κ2) is 6.93. The highest BCUT2D eigenvalue weighted by Crippen LogP contribution is 2.21. The number of aromatic amines is 1. The van der Waals surface area contributed by atoms with Gasteiger partial charge in [-0.3, -0.25) is 15.1 Å². The Morgan fingerprint density at radius 1 is 1.23 bits per heavy atom. The molecule has 0 radical (unpaired) electrons. The fraction of sp³-hybridized carbons (Fsp3) is 0.222. The van der Waals surface area contributed by atoms with E-state index in [9.17, 15) is 10.1 Å². The summed E-state index contributed by atoms with van der Waals surface area (Å²) in [4.78, 5) is 14.0. The summed E-state index contributed by atoms with van der Waals surface area (Å²) in [5, 5.41) is 17.6. The van der Waals surface area contributed by atoms with Crippen LogP contribution in [0.5, 0.6) is 0 Å². The van der Waals surface area contributed by atoms with Gasteiger partial charge < -0.3 is 4.74 Å². The minimum absolute atomic E-state index is 0.0605. The third-order valence-electron chi connectivity index (χ3n) is 4.30. The molecule has 132 valence electrons. The van der Waals surface area contributed by atoms with Gasteiger partial charge in [-0.15, -0.1) is 0 Å². The number of hydrazone groups is 1. The minimum atomic E-state index is -0.389. The van der Waals surface area contributed by atoms with E-state index >= 15 is 0 Å². The molecule has 4 rings (SSSR count). The number of rotatable bonds is 4. The second-order valence-electron chi connectivity index (χ2n) is 5.96. The lowest BCUT2D eigenvalue weighted by atomic mass is 10.2. The van der Waals surface area contributed by atoms with Gasteiger partial charge in [-0.05, 0) is 18.2 Å². The van der Waals surface area contributed by atoms with Gasteiger partial charge in [0.15, 0.2) is 11.2 Å². The zero-order chi connectivity index (χ0) is 17.9. The number of imidazole rings is 1. The summed E-state index contributed by atoms with van der Waals surface area (Å²) in [6.07, 6.45) is 3.72. The number of nitro groups is 1. The molecular weight excluding hydrogens is 334 g/mol. The van der Waals surface area contributed by atoms with Crippen LogP contribution in [0.4, 0.5) is 5.69 Å². The molecule has 0 aliphatic carbocycles. The van der Waals surface area contributed by atoms with E-state index in [1.165, 1.54) is 6.07 Å². The maximum absolute atomic E-state index is 11.1. The number of nitrogens with one attached hydrogen (secondary N) is 1. The number of benzene rings is 1. The Balaban J connectivity index is 1.75. The van der Waals surface area contributed by atoms with Crippen molar-refractivity contribution in [3.05, 3.63) is 64.5 Å². The number of aromatic nitrogens is 2. The van der Waals surface area contributed by atoms with Crippen LogP contribution in [0, 0.1) is 10.1 Å². The topological polar surface area (TPSA) is 87.9 Å². The van der Waals surface area contributed by atoms with Crippen molar-refractivity contribution in [2.45, 2.75) is 0 Å². The first kappa shape index (κ1) is 16.2. The normalized spacial score (nSPS) is 15.0. The summed E-state index contributed by atoms with van der Waals surface area (Å²) < 4.78 is 7.30. The fourth-order valence-corrected chi connectivity index (χ4v) is 2.99. The molecule has 0 bridgehead atoms. The summed E-state index contributed by atoms with van der Waals surface area (Å²) >= 11 is 0. The molecule has 8 nitrogen and oxygen atoms in total. The number of nitro benzene ring substituents is 1. The summed E-state index contributed by atoms with van der Waals surface area (Å²) in [6.45, 7) is 2.88. The lowest BCUT2D eigenvalue weighted by Gasteiger charge is -2.23. The summed E-state index contributed by atoms with van der Waals surface area (Å²) in [5.74, 6) is 0.771. The first-order valence-corrected chi connectivity index (χ1v) is 8.36. The van der Waals surface area contributed by atoms with Crippen LogP contribution in [-0.2, 0) is 4.74 Å². The molecule has 0 amide bonds. The van der Waals surface area contributed by atoms with Crippen molar-refractivity contribution in [3.63, 3.8) is 0 Å². The number of H-pyrrole nitrogens is 1. The second-order valence-corrected chi connectivity index (χ2v) is 5.96. The molecule has 0 unspecified atom stereocenters. The van der Waals surface area contributed by atoms with E-state index in [1.807, 2.05) is 39.9 Å². The number of hydrogen-bond donors (Lipinski definition) is 1. The van der Waals surface area contributed by atoms with Gasteiger partial charge in [0.25, 0.3) is 11.5 Å². The van der Waals surface area contributed by atoms with Crippen molar-refractivity contribution in [2.75, 3.05) is 26.3 Å². The Kier molecular flexibility index (Phi) is 4.32. The number of ether oxygens (including phenoxy) is 1. The molecule has 1 aliphatic rings. The first-order valence-electron chi connectivity index (χ1n) is 8.36. The molecule has 1 N–H and O–H groups in total. The number of morpholine rings is 1. The standard InChI is InChI=1S/C18H17N5O3/c24-23(25)15-5-3-4-14(12-15)18-20-16(17-6-1-2-7-22(17)18)13-19-21-8-10-26-11-9-21/h1-7,12-13H,8-11H2/p+1. The monoisotopic (exact) mass is 352 g/mol. The summed E-state index contributed by atoms with van der Waals surface area (Å²) in [5.41, 5.74) is 2.60. The Labute approximate surface area is 149 Å². The molecule has 1 fully saturated rings. The van der Waals surface area contributed by atoms with Crippen LogP contribution in [-0.4, -0.2) is 47.4 Å². The van der Waals surface area contributed by atoms with Crippen LogP contribution in [0.3, 0.4) is 0 Å². The predicted octanol–water partition coefficient (Wildman–Crippen LogP) is 1.99. The van der Waals surface area contributed by atoms with E-state index in [-0.39, 0.29) is 10.6 Å². The van der Waals surface area contributed by atoms with Crippen molar-refractivity contribution >= 4 is 17.4 Å². The van der Waals surface area contributed by atoms with Crippen LogP contribution < -0.4 is 4.40 Å². The molecule has 3 aromatic rings. The predicted molar refractivity (Wildman–Crippen MR) is 96.0 cm³/mol. The van der Waals surface area contributed by atoms with E-state index in [0.717, 1.165) is 35.7 Å². The van der Waals surface area contributed by atoms with Crippen molar-refractivity contribution in [2.24, 2.45) is 5.10 Å². The van der Waals surface area contributed by atoms with Gasteiger partial charge in [0.1, 0.15) is 0 Å². The van der Waals surface area contributed by atoms with Crippen LogP contribution in [0.1, 0.15) is 5.69 Å². The van der Waals surface area contributed by atoms with Gasteiger partial charge in [0, 0.05) is 12.1 Å². The highest BCUT2D eigenvalue weighted by molar-refractivity contribution is 5.86. The van der Waals surface area contributed by atoms with Crippen LogP contribution >= 0.6 is 0 Å². The van der Waals surface area contributed by atoms with Crippen LogP contribution in [0.2, 0.25) is 0 Å². The van der Waals surface area contributed by atoms with Crippen LogP contribution in [0.15, 0.2) is 53.8 Å². The SMILES string of the molecule is O=[N+]([O-])c1cccc(-c2[nH]c(C=NN3CCOCC3)c3cccc[n+]23)c1. The van der Waals surface area contributed by atoms with Crippen molar-refractivity contribution < 1.29 is 14.1 Å². The number of non-ortho nitro benzene ring substituents is 1. The largest absolute Gasteiger partial charge is 0.378 e. The number of fused-ring (bicyclic) bond motifs is 1. The molecule has 1 aliphatic heterocycles. The average molecular weight is 352 g/mol. The van der Waals surface area contributed by atoms with Crippen molar-refractivity contribution in [1.82, 2.24) is 9.99 Å². The molecule has 1 saturated heterocycles. The fourth-order valence-electron chi connectivity index (χ4n) is 2.99. The molecule has 1 aromatic carbocycles. The Bertz CT molecular complexity index is 976. The van der Waals surface area contributed by atoms with Gasteiger partial charge in [-0.1, -0.05) is 12.1 Å². The van der Waals surface area contributed by atoms with Gasteiger partial charge >= 0.3 is 0 Å².